The average molecular weight is 265 g/mol. The first-order valence-electron chi connectivity index (χ1n) is 6.47. The van der Waals surface area contributed by atoms with Gasteiger partial charge in [0.05, 0.1) is 0 Å². The Morgan fingerprint density at radius 2 is 1.37 bits per heavy atom. The number of allylic oxidation sites excluding steroid dienone is 2. The van der Waals surface area contributed by atoms with Gasteiger partial charge in [0, 0.05) is 22.0 Å². The Kier molecular flexibility index (Phi) is 3.56. The summed E-state index contributed by atoms with van der Waals surface area (Å²) in [4.78, 5) is 0. The highest BCUT2D eigenvalue weighted by molar-refractivity contribution is 7.99. The highest BCUT2D eigenvalue weighted by Crippen LogP contribution is 2.29. The van der Waals surface area contributed by atoms with E-state index in [2.05, 4.69) is 78.4 Å². The van der Waals surface area contributed by atoms with E-state index in [-0.39, 0.29) is 0 Å². The van der Waals surface area contributed by atoms with Crippen molar-refractivity contribution in [3.63, 3.8) is 0 Å². The van der Waals surface area contributed by atoms with E-state index in [1.165, 1.54) is 22.3 Å². The summed E-state index contributed by atoms with van der Waals surface area (Å²) in [5.74, 6) is 1.15. The minimum Gasteiger partial charge on any atom is -0.0622 e. The largest absolute Gasteiger partial charge is 0.138 e. The van der Waals surface area contributed by atoms with Crippen LogP contribution in [-0.2, 0) is 10.9 Å². The molecule has 0 fully saturated rings. The second-order valence-corrected chi connectivity index (χ2v) is 6.72. The molecule has 0 saturated heterocycles. The summed E-state index contributed by atoms with van der Waals surface area (Å²) < 4.78 is 0. The van der Waals surface area contributed by atoms with Gasteiger partial charge in [-0.05, 0) is 17.2 Å². The summed E-state index contributed by atoms with van der Waals surface area (Å²) in [6.45, 7) is 0. The van der Waals surface area contributed by atoms with Crippen LogP contribution in [0.2, 0.25) is 0 Å². The molecule has 1 aliphatic rings. The predicted octanol–water partition coefficient (Wildman–Crippen LogP) is 4.37. The Bertz CT molecular complexity index is 609. The van der Waals surface area contributed by atoms with Gasteiger partial charge in [0.25, 0.3) is 0 Å². The smallest absolute Gasteiger partial charge is 0.0622 e. The predicted molar refractivity (Wildman–Crippen MR) is 87.0 cm³/mol. The van der Waals surface area contributed by atoms with E-state index < -0.39 is 0 Å². The SMILES string of the molecule is C[S+]1C=C(c2ccccc2)C=C(c2ccccc2)C1. The van der Waals surface area contributed by atoms with E-state index in [1.54, 1.807) is 0 Å². The third-order valence-electron chi connectivity index (χ3n) is 3.29. The Hall–Kier alpha value is -1.73. The van der Waals surface area contributed by atoms with Gasteiger partial charge in [0.1, 0.15) is 17.4 Å². The van der Waals surface area contributed by atoms with Gasteiger partial charge in [-0.2, -0.15) is 0 Å². The van der Waals surface area contributed by atoms with Crippen molar-refractivity contribution in [2.75, 3.05) is 12.0 Å². The molecule has 1 atom stereocenters. The first kappa shape index (κ1) is 12.3. The molecule has 94 valence electrons. The molecule has 0 saturated carbocycles. The van der Waals surface area contributed by atoms with Gasteiger partial charge in [-0.3, -0.25) is 0 Å². The molecule has 1 aliphatic heterocycles. The van der Waals surface area contributed by atoms with Crippen LogP contribution in [-0.4, -0.2) is 12.0 Å². The molecule has 0 aliphatic carbocycles. The van der Waals surface area contributed by atoms with Crippen molar-refractivity contribution in [3.05, 3.63) is 83.3 Å². The van der Waals surface area contributed by atoms with Crippen molar-refractivity contribution in [1.82, 2.24) is 0 Å². The summed E-state index contributed by atoms with van der Waals surface area (Å²) >= 11 is 0. The maximum absolute atomic E-state index is 2.40. The lowest BCUT2D eigenvalue weighted by molar-refractivity contribution is 1.55. The summed E-state index contributed by atoms with van der Waals surface area (Å²) in [5, 5.41) is 2.40. The van der Waals surface area contributed by atoms with Crippen LogP contribution in [0.25, 0.3) is 11.1 Å². The normalized spacial score (nSPS) is 18.7. The Labute approximate surface area is 117 Å². The van der Waals surface area contributed by atoms with Crippen LogP contribution in [0.4, 0.5) is 0 Å². The molecule has 0 amide bonds. The van der Waals surface area contributed by atoms with Crippen molar-refractivity contribution in [1.29, 1.82) is 0 Å². The maximum Gasteiger partial charge on any atom is 0.138 e. The number of benzene rings is 2. The van der Waals surface area contributed by atoms with Crippen LogP contribution < -0.4 is 0 Å². The van der Waals surface area contributed by atoms with Crippen LogP contribution in [0, 0.1) is 0 Å². The molecular weight excluding hydrogens is 248 g/mol. The fraction of sp³-hybridized carbons (Fsp3) is 0.111. The van der Waals surface area contributed by atoms with Gasteiger partial charge in [-0.25, -0.2) is 0 Å². The average Bonchev–Trinajstić information content (AvgIpc) is 2.48. The lowest BCUT2D eigenvalue weighted by Crippen LogP contribution is -2.08. The van der Waals surface area contributed by atoms with Crippen molar-refractivity contribution in [2.24, 2.45) is 0 Å². The van der Waals surface area contributed by atoms with Crippen molar-refractivity contribution in [3.8, 4) is 0 Å². The minimum absolute atomic E-state index is 0.318. The van der Waals surface area contributed by atoms with Gasteiger partial charge in [-0.15, -0.1) is 0 Å². The lowest BCUT2D eigenvalue weighted by atomic mass is 10.0. The Balaban J connectivity index is 2.00. The Morgan fingerprint density at radius 1 is 0.789 bits per heavy atom. The van der Waals surface area contributed by atoms with Gasteiger partial charge >= 0.3 is 0 Å². The standard InChI is InChI=1S/C18H17S/c1-19-13-17(15-8-4-2-5-9-15)12-18(14-19)16-10-6-3-7-11-16/h2-13H,14H2,1H3/q+1. The highest BCUT2D eigenvalue weighted by atomic mass is 32.2. The molecule has 0 N–H and O–H groups in total. The van der Waals surface area contributed by atoms with Crippen LogP contribution in [0.1, 0.15) is 11.1 Å². The molecule has 19 heavy (non-hydrogen) atoms. The molecule has 0 spiro atoms. The highest BCUT2D eigenvalue weighted by Gasteiger charge is 2.20. The number of rotatable bonds is 2. The van der Waals surface area contributed by atoms with E-state index in [9.17, 15) is 0 Å². The summed E-state index contributed by atoms with van der Waals surface area (Å²) in [5.41, 5.74) is 5.47. The number of hydrogen-bond acceptors (Lipinski definition) is 0. The molecule has 0 bridgehead atoms. The van der Waals surface area contributed by atoms with E-state index >= 15 is 0 Å². The van der Waals surface area contributed by atoms with E-state index in [4.69, 9.17) is 0 Å². The van der Waals surface area contributed by atoms with Crippen LogP contribution in [0.3, 0.4) is 0 Å². The molecule has 0 radical (unpaired) electrons. The zero-order valence-corrected chi connectivity index (χ0v) is 11.9. The second kappa shape index (κ2) is 5.50. The molecule has 2 aromatic rings. The first-order valence-corrected chi connectivity index (χ1v) is 8.34. The summed E-state index contributed by atoms with van der Waals surface area (Å²) in [6.07, 6.45) is 4.66. The minimum atomic E-state index is 0.318. The Morgan fingerprint density at radius 3 is 2.00 bits per heavy atom. The quantitative estimate of drug-likeness (QED) is 0.707. The molecule has 0 aromatic heterocycles. The van der Waals surface area contributed by atoms with Crippen molar-refractivity contribution < 1.29 is 0 Å². The topological polar surface area (TPSA) is 0 Å². The zero-order valence-electron chi connectivity index (χ0n) is 11.0. The van der Waals surface area contributed by atoms with Gasteiger partial charge in [0.15, 0.2) is 0 Å². The second-order valence-electron chi connectivity index (χ2n) is 4.81. The first-order chi connectivity index (χ1) is 9.33. The van der Waals surface area contributed by atoms with Crippen molar-refractivity contribution in [2.45, 2.75) is 0 Å². The van der Waals surface area contributed by atoms with Gasteiger partial charge < -0.3 is 0 Å². The van der Waals surface area contributed by atoms with Gasteiger partial charge in [-0.1, -0.05) is 60.7 Å². The van der Waals surface area contributed by atoms with Crippen LogP contribution in [0.15, 0.2) is 72.1 Å². The summed E-state index contributed by atoms with van der Waals surface area (Å²) in [7, 11) is 0.318. The monoisotopic (exact) mass is 265 g/mol. The third-order valence-corrected chi connectivity index (χ3v) is 4.72. The summed E-state index contributed by atoms with van der Waals surface area (Å²) in [6, 6.07) is 21.4. The molecule has 3 rings (SSSR count). The van der Waals surface area contributed by atoms with E-state index in [0.717, 1.165) is 5.75 Å². The molecule has 0 nitrogen and oxygen atoms in total. The molecule has 1 heterocycles. The molecule has 1 heteroatoms. The third kappa shape index (κ3) is 2.82. The molecule has 2 aromatic carbocycles. The van der Waals surface area contributed by atoms with Gasteiger partial charge in [0.2, 0.25) is 0 Å². The maximum atomic E-state index is 2.40. The number of hydrogen-bond donors (Lipinski definition) is 0. The van der Waals surface area contributed by atoms with E-state index in [0.29, 0.717) is 10.9 Å². The van der Waals surface area contributed by atoms with E-state index in [1.807, 2.05) is 0 Å². The fourth-order valence-corrected chi connectivity index (χ4v) is 3.83. The zero-order chi connectivity index (χ0) is 13.1. The van der Waals surface area contributed by atoms with Crippen LogP contribution in [0.5, 0.6) is 0 Å². The van der Waals surface area contributed by atoms with Crippen molar-refractivity contribution >= 4 is 22.0 Å². The molecular formula is C18H17S+. The van der Waals surface area contributed by atoms with Crippen LogP contribution >= 0.6 is 0 Å². The molecule has 1 unspecified atom stereocenters. The lowest BCUT2D eigenvalue weighted by Gasteiger charge is -2.13. The fourth-order valence-electron chi connectivity index (χ4n) is 2.37.